The second kappa shape index (κ2) is 7.51. The van der Waals surface area contributed by atoms with Crippen molar-refractivity contribution in [3.8, 4) is 22.8 Å². The van der Waals surface area contributed by atoms with Gasteiger partial charge in [-0.15, -0.1) is 0 Å². The fourth-order valence-electron chi connectivity index (χ4n) is 4.87. The van der Waals surface area contributed by atoms with Gasteiger partial charge in [0.2, 0.25) is 0 Å². The summed E-state index contributed by atoms with van der Waals surface area (Å²) in [7, 11) is 3.07. The van der Waals surface area contributed by atoms with Crippen LogP contribution in [0.2, 0.25) is 5.02 Å². The van der Waals surface area contributed by atoms with Crippen LogP contribution >= 0.6 is 11.6 Å². The van der Waals surface area contributed by atoms with Crippen LogP contribution in [0.3, 0.4) is 0 Å². The van der Waals surface area contributed by atoms with Crippen molar-refractivity contribution >= 4 is 22.5 Å². The molecule has 0 saturated heterocycles. The van der Waals surface area contributed by atoms with Gasteiger partial charge in [-0.05, 0) is 43.7 Å². The Labute approximate surface area is 199 Å². The summed E-state index contributed by atoms with van der Waals surface area (Å²) in [6.45, 7) is 4.26. The average molecular weight is 482 g/mol. The van der Waals surface area contributed by atoms with Gasteiger partial charge in [-0.1, -0.05) is 23.7 Å². The van der Waals surface area contributed by atoms with Gasteiger partial charge in [-0.3, -0.25) is 13.9 Å². The first-order valence-electron chi connectivity index (χ1n) is 10.8. The van der Waals surface area contributed by atoms with Gasteiger partial charge in [0, 0.05) is 30.7 Å². The molecule has 1 aliphatic heterocycles. The molecule has 0 saturated carbocycles. The molecule has 0 aliphatic carbocycles. The van der Waals surface area contributed by atoms with Crippen LogP contribution in [0.4, 0.5) is 0 Å². The summed E-state index contributed by atoms with van der Waals surface area (Å²) in [4.78, 5) is 26.5. The summed E-state index contributed by atoms with van der Waals surface area (Å²) in [5, 5.41) is 21.4. The fraction of sp³-hybridized carbons (Fsp3) is 0.280. The Balaban J connectivity index is 2.01. The molecule has 0 radical (unpaired) electrons. The Bertz CT molecular complexity index is 1580. The van der Waals surface area contributed by atoms with E-state index in [1.165, 1.54) is 23.7 Å². The number of aryl methyl sites for hydroxylation is 1. The number of fused-ring (bicyclic) bond motifs is 3. The lowest BCUT2D eigenvalue weighted by molar-refractivity contribution is -0.00800. The van der Waals surface area contributed by atoms with Gasteiger partial charge in [0.1, 0.15) is 17.6 Å². The zero-order valence-corrected chi connectivity index (χ0v) is 19.9. The molecule has 0 amide bonds. The molecule has 3 heterocycles. The second-order valence-electron chi connectivity index (χ2n) is 9.25. The minimum atomic E-state index is -0.783. The van der Waals surface area contributed by atoms with E-state index in [0.29, 0.717) is 32.9 Å². The number of phenolic OH excluding ortho intramolecular Hbond substituents is 2. The first-order chi connectivity index (χ1) is 16.0. The molecule has 2 N–H and O–H groups in total. The van der Waals surface area contributed by atoms with Gasteiger partial charge in [0.05, 0.1) is 34.4 Å². The second-order valence-corrected chi connectivity index (χ2v) is 9.69. The third-order valence-electron chi connectivity index (χ3n) is 6.48. The van der Waals surface area contributed by atoms with Crippen LogP contribution in [-0.2, 0) is 24.4 Å². The van der Waals surface area contributed by atoms with Gasteiger partial charge in [-0.25, -0.2) is 4.79 Å². The fourth-order valence-corrected chi connectivity index (χ4v) is 4.99. The molecule has 2 aromatic carbocycles. The van der Waals surface area contributed by atoms with Gasteiger partial charge in [0.25, 0.3) is 5.56 Å². The maximum absolute atomic E-state index is 13.5. The third-order valence-corrected chi connectivity index (χ3v) is 6.73. The highest BCUT2D eigenvalue weighted by Crippen LogP contribution is 2.47. The number of halogens is 1. The summed E-state index contributed by atoms with van der Waals surface area (Å²) in [6, 6.07) is 11.5. The number of aromatic nitrogens is 3. The summed E-state index contributed by atoms with van der Waals surface area (Å²) in [5.74, 6) is -0.228. The number of phenols is 2. The van der Waals surface area contributed by atoms with Crippen molar-refractivity contribution in [1.29, 1.82) is 0 Å². The van der Waals surface area contributed by atoms with Crippen LogP contribution in [0, 0.1) is 0 Å². The minimum absolute atomic E-state index is 0.0826. The van der Waals surface area contributed by atoms with E-state index >= 15 is 0 Å². The van der Waals surface area contributed by atoms with Crippen molar-refractivity contribution in [1.82, 2.24) is 13.7 Å². The molecule has 1 aliphatic rings. The maximum Gasteiger partial charge on any atom is 0.331 e. The number of hydrogen-bond acceptors (Lipinski definition) is 5. The highest BCUT2D eigenvalue weighted by molar-refractivity contribution is 6.30. The van der Waals surface area contributed by atoms with E-state index in [4.69, 9.17) is 16.3 Å². The topological polar surface area (TPSA) is 98.6 Å². The molecule has 0 bridgehead atoms. The summed E-state index contributed by atoms with van der Waals surface area (Å²) < 4.78 is 10.8. The molecule has 0 fully saturated rings. The highest BCUT2D eigenvalue weighted by atomic mass is 35.5. The Morgan fingerprint density at radius 1 is 1.03 bits per heavy atom. The SMILES string of the molecule is Cn1c(=O)c2c(-c3ccc(Cl)cc3)n3c(c2n(C)c1=O)[C@H](c1ccc(O)cc1O)OCC3(C)C. The quantitative estimate of drug-likeness (QED) is 0.455. The van der Waals surface area contributed by atoms with Gasteiger partial charge < -0.3 is 19.5 Å². The standard InChI is InChI=1S/C25H24ClN3O5/c1-25(2)12-34-22(16-10-9-15(30)11-17(16)31)21-20-18(23(32)28(4)24(33)27(20)3)19(29(21)25)13-5-7-14(26)8-6-13/h5-11,22,30-31H,12H2,1-4H3/t22-/m0/s1. The lowest BCUT2D eigenvalue weighted by Gasteiger charge is -2.39. The molecule has 0 spiro atoms. The number of ether oxygens (including phenoxy) is 1. The molecule has 0 unspecified atom stereocenters. The van der Waals surface area contributed by atoms with E-state index in [-0.39, 0.29) is 18.1 Å². The Morgan fingerprint density at radius 3 is 2.35 bits per heavy atom. The number of aromatic hydroxyl groups is 2. The van der Waals surface area contributed by atoms with E-state index in [0.717, 1.165) is 10.1 Å². The highest BCUT2D eigenvalue weighted by Gasteiger charge is 2.41. The Kier molecular flexibility index (Phi) is 4.93. The van der Waals surface area contributed by atoms with Crippen LogP contribution in [0.5, 0.6) is 11.5 Å². The lowest BCUT2D eigenvalue weighted by Crippen LogP contribution is -2.40. The summed E-state index contributed by atoms with van der Waals surface area (Å²) >= 11 is 6.14. The van der Waals surface area contributed by atoms with Crippen LogP contribution in [0.25, 0.3) is 22.2 Å². The zero-order valence-electron chi connectivity index (χ0n) is 19.2. The predicted molar refractivity (Wildman–Crippen MR) is 130 cm³/mol. The van der Waals surface area contributed by atoms with Crippen LogP contribution in [0.15, 0.2) is 52.1 Å². The molecular weight excluding hydrogens is 458 g/mol. The van der Waals surface area contributed by atoms with Crippen LogP contribution in [-0.4, -0.2) is 30.5 Å². The van der Waals surface area contributed by atoms with Gasteiger partial charge in [0.15, 0.2) is 0 Å². The number of benzene rings is 2. The van der Waals surface area contributed by atoms with E-state index in [1.807, 2.05) is 30.5 Å². The van der Waals surface area contributed by atoms with Crippen molar-refractivity contribution in [3.63, 3.8) is 0 Å². The Hall–Kier alpha value is -3.49. The largest absolute Gasteiger partial charge is 0.508 e. The smallest absolute Gasteiger partial charge is 0.331 e. The van der Waals surface area contributed by atoms with Crippen LogP contribution < -0.4 is 11.2 Å². The van der Waals surface area contributed by atoms with E-state index in [9.17, 15) is 19.8 Å². The number of hydrogen-bond donors (Lipinski definition) is 2. The average Bonchev–Trinajstić information content (AvgIpc) is 3.15. The molecule has 2 aromatic heterocycles. The van der Waals surface area contributed by atoms with Crippen molar-refractivity contribution < 1.29 is 14.9 Å². The van der Waals surface area contributed by atoms with E-state index in [1.54, 1.807) is 25.2 Å². The maximum atomic E-state index is 13.5. The van der Waals surface area contributed by atoms with E-state index < -0.39 is 22.9 Å². The third kappa shape index (κ3) is 3.09. The van der Waals surface area contributed by atoms with Gasteiger partial charge in [-0.2, -0.15) is 0 Å². The first-order valence-corrected chi connectivity index (χ1v) is 11.1. The normalized spacial score (nSPS) is 17.1. The molecule has 9 heteroatoms. The minimum Gasteiger partial charge on any atom is -0.508 e. The van der Waals surface area contributed by atoms with Crippen molar-refractivity contribution in [2.45, 2.75) is 25.5 Å². The zero-order chi connectivity index (χ0) is 24.5. The Morgan fingerprint density at radius 2 is 1.71 bits per heavy atom. The summed E-state index contributed by atoms with van der Waals surface area (Å²) in [5.41, 5.74) is 1.37. The molecule has 8 nitrogen and oxygen atoms in total. The van der Waals surface area contributed by atoms with Crippen molar-refractivity contribution in [2.24, 2.45) is 14.1 Å². The summed E-state index contributed by atoms with van der Waals surface area (Å²) in [6.07, 6.45) is -0.783. The molecular formula is C25H24ClN3O5. The molecule has 34 heavy (non-hydrogen) atoms. The molecule has 5 rings (SSSR count). The van der Waals surface area contributed by atoms with Crippen LogP contribution in [0.1, 0.15) is 31.2 Å². The van der Waals surface area contributed by atoms with Gasteiger partial charge >= 0.3 is 5.69 Å². The van der Waals surface area contributed by atoms with Crippen molar-refractivity contribution in [3.05, 3.63) is 79.6 Å². The molecule has 4 aromatic rings. The molecule has 1 atom stereocenters. The number of nitrogens with zero attached hydrogens (tertiary/aromatic N) is 3. The van der Waals surface area contributed by atoms with Crippen molar-refractivity contribution in [2.75, 3.05) is 6.61 Å². The monoisotopic (exact) mass is 481 g/mol. The molecule has 176 valence electrons. The number of rotatable bonds is 2. The predicted octanol–water partition coefficient (Wildman–Crippen LogP) is 3.63. The first kappa shape index (κ1) is 22.3. The van der Waals surface area contributed by atoms with E-state index in [2.05, 4.69) is 0 Å². The lowest BCUT2D eigenvalue weighted by atomic mass is 9.97.